The van der Waals surface area contributed by atoms with Gasteiger partial charge in [-0.3, -0.25) is 4.98 Å². The highest BCUT2D eigenvalue weighted by molar-refractivity contribution is 7.18. The van der Waals surface area contributed by atoms with Crippen LogP contribution in [0.2, 0.25) is 0 Å². The van der Waals surface area contributed by atoms with E-state index in [2.05, 4.69) is 76.0 Å². The number of aryl methyl sites for hydroxylation is 2. The molecule has 0 N–H and O–H groups in total. The van der Waals surface area contributed by atoms with Crippen LogP contribution < -0.4 is 0 Å². The van der Waals surface area contributed by atoms with Crippen LogP contribution in [-0.2, 0) is 5.41 Å². The van der Waals surface area contributed by atoms with Crippen molar-refractivity contribution in [3.63, 3.8) is 0 Å². The Hall–Kier alpha value is -2.72. The molecule has 4 heteroatoms. The van der Waals surface area contributed by atoms with Crippen molar-refractivity contribution in [3.05, 3.63) is 58.7 Å². The van der Waals surface area contributed by atoms with Crippen LogP contribution in [0.15, 0.2) is 47.0 Å². The molecule has 0 amide bonds. The quantitative estimate of drug-likeness (QED) is 0.306. The van der Waals surface area contributed by atoms with Crippen LogP contribution in [0, 0.1) is 13.8 Å². The second-order valence-electron chi connectivity index (χ2n) is 8.52. The zero-order chi connectivity index (χ0) is 19.6. The first-order chi connectivity index (χ1) is 13.3. The van der Waals surface area contributed by atoms with Gasteiger partial charge in [0.1, 0.15) is 11.2 Å². The monoisotopic (exact) mass is 386 g/mol. The Kier molecular flexibility index (Phi) is 3.65. The minimum absolute atomic E-state index is 0.0506. The van der Waals surface area contributed by atoms with Crippen molar-refractivity contribution in [2.45, 2.75) is 40.0 Å². The number of hydrogen-bond acceptors (Lipinski definition) is 4. The molecule has 0 aliphatic heterocycles. The summed E-state index contributed by atoms with van der Waals surface area (Å²) in [5, 5.41) is 3.41. The fourth-order valence-electron chi connectivity index (χ4n) is 3.51. The molecule has 0 spiro atoms. The third-order valence-corrected chi connectivity index (χ3v) is 6.74. The number of nitrogens with zero attached hydrogens (tertiary/aromatic N) is 2. The van der Waals surface area contributed by atoms with Gasteiger partial charge in [-0.05, 0) is 43.2 Å². The molecule has 3 heterocycles. The van der Waals surface area contributed by atoms with E-state index < -0.39 is 0 Å². The van der Waals surface area contributed by atoms with Gasteiger partial charge in [0, 0.05) is 34.0 Å². The molecule has 0 unspecified atom stereocenters. The van der Waals surface area contributed by atoms with Crippen molar-refractivity contribution in [1.82, 2.24) is 9.97 Å². The lowest BCUT2D eigenvalue weighted by Gasteiger charge is -2.13. The van der Waals surface area contributed by atoms with Crippen LogP contribution in [0.3, 0.4) is 0 Å². The lowest BCUT2D eigenvalue weighted by Crippen LogP contribution is -2.09. The number of benzene rings is 2. The number of pyridine rings is 1. The Morgan fingerprint density at radius 2 is 1.79 bits per heavy atom. The minimum atomic E-state index is 0.0506. The maximum absolute atomic E-state index is 6.34. The summed E-state index contributed by atoms with van der Waals surface area (Å²) in [5.74, 6) is 0. The molecule has 5 aromatic rings. The maximum Gasteiger partial charge on any atom is 0.144 e. The fourth-order valence-corrected chi connectivity index (χ4v) is 4.56. The number of thiazole rings is 1. The molecule has 28 heavy (non-hydrogen) atoms. The highest BCUT2D eigenvalue weighted by Crippen LogP contribution is 2.39. The number of hydrogen-bond donors (Lipinski definition) is 0. The van der Waals surface area contributed by atoms with Gasteiger partial charge >= 0.3 is 0 Å². The Morgan fingerprint density at radius 3 is 2.54 bits per heavy atom. The van der Waals surface area contributed by atoms with Crippen LogP contribution >= 0.6 is 11.3 Å². The van der Waals surface area contributed by atoms with E-state index in [1.807, 2.05) is 6.20 Å². The third-order valence-electron chi connectivity index (χ3n) is 5.30. The second kappa shape index (κ2) is 5.89. The number of furan rings is 1. The number of para-hydroxylation sites is 1. The van der Waals surface area contributed by atoms with Gasteiger partial charge < -0.3 is 4.42 Å². The van der Waals surface area contributed by atoms with E-state index in [0.717, 1.165) is 43.7 Å². The molecular formula is C24H22N2OS. The first kappa shape index (κ1) is 17.4. The van der Waals surface area contributed by atoms with Crippen LogP contribution in [0.5, 0.6) is 0 Å². The van der Waals surface area contributed by atoms with E-state index in [-0.39, 0.29) is 5.41 Å². The summed E-state index contributed by atoms with van der Waals surface area (Å²) in [7, 11) is 0. The summed E-state index contributed by atoms with van der Waals surface area (Å²) >= 11 is 1.77. The van der Waals surface area contributed by atoms with Gasteiger partial charge in [0.15, 0.2) is 0 Å². The molecule has 5 rings (SSSR count). The molecule has 140 valence electrons. The average Bonchev–Trinajstić information content (AvgIpc) is 3.22. The smallest absolute Gasteiger partial charge is 0.144 e. The first-order valence-electron chi connectivity index (χ1n) is 9.51. The summed E-state index contributed by atoms with van der Waals surface area (Å²) in [6.45, 7) is 10.8. The highest BCUT2D eigenvalue weighted by Gasteiger charge is 2.20. The van der Waals surface area contributed by atoms with Crippen molar-refractivity contribution >= 4 is 43.5 Å². The van der Waals surface area contributed by atoms with E-state index >= 15 is 0 Å². The lowest BCUT2D eigenvalue weighted by molar-refractivity contribution is 0.587. The van der Waals surface area contributed by atoms with Gasteiger partial charge in [-0.1, -0.05) is 32.9 Å². The van der Waals surface area contributed by atoms with Crippen LogP contribution in [0.1, 0.15) is 36.9 Å². The lowest BCUT2D eigenvalue weighted by atomic mass is 9.98. The first-order valence-corrected chi connectivity index (χ1v) is 10.3. The van der Waals surface area contributed by atoms with Crippen molar-refractivity contribution in [2.75, 3.05) is 0 Å². The molecule has 0 atom stereocenters. The van der Waals surface area contributed by atoms with Crippen molar-refractivity contribution in [1.29, 1.82) is 0 Å². The standard InChI is InChI=1S/C24H22N2OS/c1-13-9-18(25-12-14(13)2)16-8-6-7-15-17-10-21-19(11-20(17)27-22(15)16)26-23(28-21)24(3,4)5/h6-12H,1-5H3. The number of fused-ring (bicyclic) bond motifs is 4. The summed E-state index contributed by atoms with van der Waals surface area (Å²) in [5.41, 5.74) is 7.23. The predicted molar refractivity (Wildman–Crippen MR) is 118 cm³/mol. The third kappa shape index (κ3) is 2.63. The van der Waals surface area contributed by atoms with Crippen molar-refractivity contribution in [2.24, 2.45) is 0 Å². The molecule has 0 aliphatic rings. The van der Waals surface area contributed by atoms with Gasteiger partial charge in [-0.2, -0.15) is 0 Å². The fraction of sp³-hybridized carbons (Fsp3) is 0.250. The van der Waals surface area contributed by atoms with Gasteiger partial charge in [-0.15, -0.1) is 11.3 Å². The molecule has 0 aliphatic carbocycles. The Balaban J connectivity index is 1.77. The van der Waals surface area contributed by atoms with E-state index in [1.165, 1.54) is 15.8 Å². The molecule has 3 nitrogen and oxygen atoms in total. The van der Waals surface area contributed by atoms with Crippen LogP contribution in [0.25, 0.3) is 43.4 Å². The highest BCUT2D eigenvalue weighted by atomic mass is 32.1. The van der Waals surface area contributed by atoms with Crippen LogP contribution in [-0.4, -0.2) is 9.97 Å². The molecule has 0 fully saturated rings. The molecule has 0 radical (unpaired) electrons. The summed E-state index contributed by atoms with van der Waals surface area (Å²) in [6.07, 6.45) is 1.93. The minimum Gasteiger partial charge on any atom is -0.455 e. The van der Waals surface area contributed by atoms with E-state index in [9.17, 15) is 0 Å². The van der Waals surface area contributed by atoms with Crippen LogP contribution in [0.4, 0.5) is 0 Å². The van der Waals surface area contributed by atoms with Crippen molar-refractivity contribution < 1.29 is 4.42 Å². The molecular weight excluding hydrogens is 364 g/mol. The molecule has 0 saturated carbocycles. The molecule has 2 aromatic carbocycles. The Morgan fingerprint density at radius 1 is 0.964 bits per heavy atom. The second-order valence-corrected chi connectivity index (χ2v) is 9.55. The SMILES string of the molecule is Cc1cnc(-c2cccc3c2oc2cc4nc(C(C)(C)C)sc4cc23)cc1C. The zero-order valence-electron chi connectivity index (χ0n) is 16.8. The topological polar surface area (TPSA) is 38.9 Å². The zero-order valence-corrected chi connectivity index (χ0v) is 17.6. The van der Waals surface area contributed by atoms with Crippen molar-refractivity contribution in [3.8, 4) is 11.3 Å². The van der Waals surface area contributed by atoms with Gasteiger partial charge in [0.2, 0.25) is 0 Å². The average molecular weight is 387 g/mol. The van der Waals surface area contributed by atoms with E-state index in [4.69, 9.17) is 9.40 Å². The molecule has 0 saturated heterocycles. The van der Waals surface area contributed by atoms with E-state index in [1.54, 1.807) is 11.3 Å². The molecule has 0 bridgehead atoms. The van der Waals surface area contributed by atoms with Gasteiger partial charge in [0.25, 0.3) is 0 Å². The van der Waals surface area contributed by atoms with E-state index in [0.29, 0.717) is 0 Å². The summed E-state index contributed by atoms with van der Waals surface area (Å²) in [6, 6.07) is 12.7. The normalized spacial score (nSPS) is 12.5. The van der Waals surface area contributed by atoms with Gasteiger partial charge in [0.05, 0.1) is 20.9 Å². The number of aromatic nitrogens is 2. The Bertz CT molecular complexity index is 1370. The maximum atomic E-state index is 6.34. The Labute approximate surface area is 168 Å². The summed E-state index contributed by atoms with van der Waals surface area (Å²) < 4.78 is 7.54. The summed E-state index contributed by atoms with van der Waals surface area (Å²) in [4.78, 5) is 9.50. The molecule has 3 aromatic heterocycles. The number of rotatable bonds is 1. The predicted octanol–water partition coefficient (Wildman–Crippen LogP) is 7.17. The largest absolute Gasteiger partial charge is 0.455 e. The van der Waals surface area contributed by atoms with Gasteiger partial charge in [-0.25, -0.2) is 4.98 Å².